The van der Waals surface area contributed by atoms with Gasteiger partial charge in [-0.3, -0.25) is 9.59 Å². The number of esters is 1. The number of rotatable bonds is 22. The van der Waals surface area contributed by atoms with Crippen LogP contribution in [0.2, 0.25) is 0 Å². The van der Waals surface area contributed by atoms with Crippen LogP contribution in [0.25, 0.3) is 0 Å². The third-order valence-electron chi connectivity index (χ3n) is 5.58. The fourth-order valence-corrected chi connectivity index (χ4v) is 3.71. The molecule has 0 aliphatic rings. The fraction of sp³-hybridized carbons (Fsp3) is 0.920. The molecule has 0 amide bonds. The first-order chi connectivity index (χ1) is 14.1. The van der Waals surface area contributed by atoms with Gasteiger partial charge in [0.25, 0.3) is 0 Å². The molecule has 4 heteroatoms. The lowest BCUT2D eigenvalue weighted by atomic mass is 10.0. The van der Waals surface area contributed by atoms with E-state index in [1.54, 1.807) is 0 Å². The Morgan fingerprint density at radius 2 is 1.03 bits per heavy atom. The number of unbranched alkanes of at least 4 members (excludes halogenated alkanes) is 13. The zero-order valence-corrected chi connectivity index (χ0v) is 19.4. The highest BCUT2D eigenvalue weighted by molar-refractivity contribution is 5.69. The first kappa shape index (κ1) is 27.9. The summed E-state index contributed by atoms with van der Waals surface area (Å²) >= 11 is 0. The van der Waals surface area contributed by atoms with Gasteiger partial charge in [-0.2, -0.15) is 0 Å². The summed E-state index contributed by atoms with van der Waals surface area (Å²) in [6.07, 6.45) is 21.3. The predicted octanol–water partition coefficient (Wildman–Crippen LogP) is 7.82. The van der Waals surface area contributed by atoms with Crippen molar-refractivity contribution in [3.8, 4) is 0 Å². The van der Waals surface area contributed by atoms with Crippen molar-refractivity contribution in [2.45, 2.75) is 148 Å². The van der Waals surface area contributed by atoms with Crippen LogP contribution in [0.3, 0.4) is 0 Å². The summed E-state index contributed by atoms with van der Waals surface area (Å²) in [6.45, 7) is 4.48. The van der Waals surface area contributed by atoms with Crippen molar-refractivity contribution in [2.75, 3.05) is 0 Å². The predicted molar refractivity (Wildman–Crippen MR) is 121 cm³/mol. The maximum absolute atomic E-state index is 12.2. The molecular weight excluding hydrogens is 364 g/mol. The van der Waals surface area contributed by atoms with E-state index in [0.717, 1.165) is 44.9 Å². The van der Waals surface area contributed by atoms with Crippen molar-refractivity contribution >= 4 is 11.9 Å². The van der Waals surface area contributed by atoms with E-state index in [4.69, 9.17) is 9.84 Å². The Morgan fingerprint density at radius 1 is 0.621 bits per heavy atom. The zero-order chi connectivity index (χ0) is 21.6. The Balaban J connectivity index is 4.02. The van der Waals surface area contributed by atoms with Crippen LogP contribution in [0.4, 0.5) is 0 Å². The molecule has 0 saturated carbocycles. The van der Waals surface area contributed by atoms with Crippen LogP contribution in [0, 0.1) is 0 Å². The first-order valence-electron chi connectivity index (χ1n) is 12.5. The Morgan fingerprint density at radius 3 is 1.52 bits per heavy atom. The standard InChI is InChI=1S/C25H48O4/c1-3-5-7-9-11-15-19-23(20-16-12-10-8-6-4-2)29-25(28)22-18-14-13-17-21-24(26)27/h23H,3-22H2,1-2H3,(H,26,27). The topological polar surface area (TPSA) is 63.6 Å². The average Bonchev–Trinajstić information content (AvgIpc) is 2.69. The van der Waals surface area contributed by atoms with E-state index in [9.17, 15) is 9.59 Å². The summed E-state index contributed by atoms with van der Waals surface area (Å²) in [4.78, 5) is 22.7. The highest BCUT2D eigenvalue weighted by Gasteiger charge is 2.14. The Kier molecular flexibility index (Phi) is 20.9. The number of hydrogen-bond acceptors (Lipinski definition) is 3. The highest BCUT2D eigenvalue weighted by atomic mass is 16.5. The second-order valence-electron chi connectivity index (χ2n) is 8.53. The molecule has 1 N–H and O–H groups in total. The second kappa shape index (κ2) is 21.6. The lowest BCUT2D eigenvalue weighted by molar-refractivity contribution is -0.150. The SMILES string of the molecule is CCCCCCCCC(CCCCCCCC)OC(=O)CCCCCCC(=O)O. The van der Waals surface area contributed by atoms with Crippen molar-refractivity contribution < 1.29 is 19.4 Å². The molecule has 0 atom stereocenters. The largest absolute Gasteiger partial charge is 0.481 e. The summed E-state index contributed by atoms with van der Waals surface area (Å²) in [5.74, 6) is -0.804. The molecule has 4 nitrogen and oxygen atoms in total. The number of carboxylic acids is 1. The van der Waals surface area contributed by atoms with Crippen LogP contribution in [-0.2, 0) is 14.3 Å². The molecule has 0 aliphatic heterocycles. The number of carboxylic acid groups (broad SMARTS) is 1. The quantitative estimate of drug-likeness (QED) is 0.145. The van der Waals surface area contributed by atoms with E-state index in [2.05, 4.69) is 13.8 Å². The van der Waals surface area contributed by atoms with Crippen molar-refractivity contribution in [1.29, 1.82) is 0 Å². The zero-order valence-electron chi connectivity index (χ0n) is 19.4. The molecule has 0 fully saturated rings. The average molecular weight is 413 g/mol. The second-order valence-corrected chi connectivity index (χ2v) is 8.53. The van der Waals surface area contributed by atoms with Gasteiger partial charge in [0.1, 0.15) is 6.10 Å². The molecule has 0 unspecified atom stereocenters. The molecule has 0 aromatic carbocycles. The molecule has 0 radical (unpaired) electrons. The van der Waals surface area contributed by atoms with E-state index < -0.39 is 5.97 Å². The summed E-state index contributed by atoms with van der Waals surface area (Å²) in [5, 5.41) is 8.65. The van der Waals surface area contributed by atoms with Gasteiger partial charge in [-0.15, -0.1) is 0 Å². The maximum atomic E-state index is 12.2. The van der Waals surface area contributed by atoms with Crippen LogP contribution in [0.5, 0.6) is 0 Å². The summed E-state index contributed by atoms with van der Waals surface area (Å²) in [7, 11) is 0. The van der Waals surface area contributed by atoms with Gasteiger partial charge in [0.05, 0.1) is 0 Å². The third kappa shape index (κ3) is 21.5. The van der Waals surface area contributed by atoms with Gasteiger partial charge in [-0.25, -0.2) is 0 Å². The third-order valence-corrected chi connectivity index (χ3v) is 5.58. The van der Waals surface area contributed by atoms with Gasteiger partial charge in [0.15, 0.2) is 0 Å². The minimum Gasteiger partial charge on any atom is -0.481 e. The summed E-state index contributed by atoms with van der Waals surface area (Å²) < 4.78 is 5.82. The molecular formula is C25H48O4. The van der Waals surface area contributed by atoms with Crippen molar-refractivity contribution in [3.05, 3.63) is 0 Å². The van der Waals surface area contributed by atoms with E-state index in [1.165, 1.54) is 64.2 Å². The normalized spacial score (nSPS) is 11.1. The van der Waals surface area contributed by atoms with Crippen LogP contribution in [0.1, 0.15) is 142 Å². The maximum Gasteiger partial charge on any atom is 0.306 e. The van der Waals surface area contributed by atoms with Gasteiger partial charge in [-0.05, 0) is 38.5 Å². The van der Waals surface area contributed by atoms with E-state index in [0.29, 0.717) is 12.8 Å². The lowest BCUT2D eigenvalue weighted by Gasteiger charge is -2.18. The minimum absolute atomic E-state index is 0.0646. The number of ether oxygens (including phenoxy) is 1. The number of carbonyl (C=O) groups is 2. The van der Waals surface area contributed by atoms with Gasteiger partial charge >= 0.3 is 11.9 Å². The van der Waals surface area contributed by atoms with Crippen LogP contribution in [-0.4, -0.2) is 23.1 Å². The fourth-order valence-electron chi connectivity index (χ4n) is 3.71. The van der Waals surface area contributed by atoms with Crippen molar-refractivity contribution in [3.63, 3.8) is 0 Å². The molecule has 0 aromatic rings. The van der Waals surface area contributed by atoms with Crippen LogP contribution >= 0.6 is 0 Å². The summed E-state index contributed by atoms with van der Waals surface area (Å²) in [5.41, 5.74) is 0. The molecule has 0 aromatic heterocycles. The van der Waals surface area contributed by atoms with Crippen LogP contribution in [0.15, 0.2) is 0 Å². The highest BCUT2D eigenvalue weighted by Crippen LogP contribution is 2.18. The number of aliphatic carboxylic acids is 1. The van der Waals surface area contributed by atoms with Gasteiger partial charge in [0, 0.05) is 12.8 Å². The van der Waals surface area contributed by atoms with Gasteiger partial charge in [0.2, 0.25) is 0 Å². The molecule has 0 saturated heterocycles. The minimum atomic E-state index is -0.739. The smallest absolute Gasteiger partial charge is 0.306 e. The van der Waals surface area contributed by atoms with Gasteiger partial charge in [-0.1, -0.05) is 90.9 Å². The Bertz CT molecular complexity index is 365. The monoisotopic (exact) mass is 412 g/mol. The summed E-state index contributed by atoms with van der Waals surface area (Å²) in [6, 6.07) is 0. The lowest BCUT2D eigenvalue weighted by Crippen LogP contribution is -2.18. The molecule has 29 heavy (non-hydrogen) atoms. The molecule has 172 valence electrons. The number of hydrogen-bond donors (Lipinski definition) is 1. The number of carbonyl (C=O) groups excluding carboxylic acids is 1. The van der Waals surface area contributed by atoms with Crippen molar-refractivity contribution in [1.82, 2.24) is 0 Å². The van der Waals surface area contributed by atoms with Gasteiger partial charge < -0.3 is 9.84 Å². The van der Waals surface area contributed by atoms with Crippen LogP contribution < -0.4 is 0 Å². The molecule has 0 heterocycles. The Hall–Kier alpha value is -1.06. The first-order valence-corrected chi connectivity index (χ1v) is 12.5. The van der Waals surface area contributed by atoms with E-state index >= 15 is 0 Å². The molecule has 0 aliphatic carbocycles. The molecule has 0 spiro atoms. The molecule has 0 rings (SSSR count). The van der Waals surface area contributed by atoms with Crippen molar-refractivity contribution in [2.24, 2.45) is 0 Å². The van der Waals surface area contributed by atoms with E-state index in [-0.39, 0.29) is 18.5 Å². The van der Waals surface area contributed by atoms with E-state index in [1.807, 2.05) is 0 Å². The Labute approximate surface area is 180 Å². The molecule has 0 bridgehead atoms.